The quantitative estimate of drug-likeness (QED) is 0.598. The number of pyridine rings is 1. The van der Waals surface area contributed by atoms with Crippen LogP contribution in [0.1, 0.15) is 11.3 Å². The van der Waals surface area contributed by atoms with Crippen molar-refractivity contribution in [3.05, 3.63) is 83.4 Å². The lowest BCUT2D eigenvalue weighted by atomic mass is 10.0. The van der Waals surface area contributed by atoms with Crippen molar-refractivity contribution in [1.82, 2.24) is 14.5 Å². The molecule has 0 atom stereocenters. The molecule has 5 heteroatoms. The highest BCUT2D eigenvalue weighted by atomic mass is 35.5. The number of imidazole rings is 1. The maximum atomic E-state index is 9.79. The number of aromatic nitrogens is 3. The molecule has 4 aromatic rings. The van der Waals surface area contributed by atoms with Gasteiger partial charge in [-0.15, -0.1) is 0 Å². The van der Waals surface area contributed by atoms with E-state index in [9.17, 15) is 5.11 Å². The number of aliphatic hydroxyl groups is 1. The molecule has 0 saturated carbocycles. The molecule has 25 heavy (non-hydrogen) atoms. The van der Waals surface area contributed by atoms with Gasteiger partial charge in [0.1, 0.15) is 5.82 Å². The molecule has 0 saturated heterocycles. The van der Waals surface area contributed by atoms with E-state index in [2.05, 4.69) is 34.2 Å². The molecule has 0 unspecified atom stereocenters. The largest absolute Gasteiger partial charge is 0.390 e. The minimum absolute atomic E-state index is 0.170. The maximum Gasteiger partial charge on any atom is 0.153 e. The Morgan fingerprint density at radius 1 is 1.00 bits per heavy atom. The van der Waals surface area contributed by atoms with Crippen LogP contribution in [0.3, 0.4) is 0 Å². The number of hydrogen-bond acceptors (Lipinski definition) is 3. The first-order chi connectivity index (χ1) is 12.3. The number of hydrogen-bond donors (Lipinski definition) is 1. The highest BCUT2D eigenvalue weighted by molar-refractivity contribution is 6.30. The molecule has 0 amide bonds. The van der Waals surface area contributed by atoms with Crippen LogP contribution in [-0.2, 0) is 13.2 Å². The van der Waals surface area contributed by atoms with E-state index in [4.69, 9.17) is 11.6 Å². The van der Waals surface area contributed by atoms with Crippen LogP contribution >= 0.6 is 11.6 Å². The molecule has 0 spiro atoms. The maximum absolute atomic E-state index is 9.79. The Balaban J connectivity index is 1.87. The van der Waals surface area contributed by atoms with Gasteiger partial charge in [-0.3, -0.25) is 4.98 Å². The zero-order valence-electron chi connectivity index (χ0n) is 13.4. The van der Waals surface area contributed by atoms with E-state index in [1.165, 1.54) is 10.8 Å². The molecule has 0 aliphatic heterocycles. The van der Waals surface area contributed by atoms with Gasteiger partial charge in [-0.2, -0.15) is 0 Å². The third kappa shape index (κ3) is 2.90. The predicted octanol–water partition coefficient (Wildman–Crippen LogP) is 4.29. The molecule has 2 heterocycles. The van der Waals surface area contributed by atoms with E-state index in [0.717, 1.165) is 11.1 Å². The van der Waals surface area contributed by atoms with Crippen molar-refractivity contribution in [1.29, 1.82) is 0 Å². The predicted molar refractivity (Wildman–Crippen MR) is 99.4 cm³/mol. The van der Waals surface area contributed by atoms with Crippen LogP contribution in [-0.4, -0.2) is 19.6 Å². The topological polar surface area (TPSA) is 50.9 Å². The monoisotopic (exact) mass is 349 g/mol. The van der Waals surface area contributed by atoms with Crippen LogP contribution in [0.15, 0.2) is 67.0 Å². The van der Waals surface area contributed by atoms with Gasteiger partial charge < -0.3 is 9.67 Å². The fourth-order valence-electron chi connectivity index (χ4n) is 3.09. The average molecular weight is 350 g/mol. The van der Waals surface area contributed by atoms with Crippen molar-refractivity contribution in [3.63, 3.8) is 0 Å². The van der Waals surface area contributed by atoms with E-state index in [1.807, 2.05) is 34.9 Å². The van der Waals surface area contributed by atoms with Crippen LogP contribution in [0.4, 0.5) is 0 Å². The normalized spacial score (nSPS) is 11.1. The second kappa shape index (κ2) is 6.67. The van der Waals surface area contributed by atoms with Crippen molar-refractivity contribution in [2.24, 2.45) is 0 Å². The average Bonchev–Trinajstić information content (AvgIpc) is 2.98. The highest BCUT2D eigenvalue weighted by Crippen LogP contribution is 2.28. The van der Waals surface area contributed by atoms with E-state index >= 15 is 0 Å². The lowest BCUT2D eigenvalue weighted by molar-refractivity contribution is 0.272. The number of nitrogens with zero attached hydrogens (tertiary/aromatic N) is 3. The highest BCUT2D eigenvalue weighted by Gasteiger charge is 2.17. The van der Waals surface area contributed by atoms with Gasteiger partial charge in [0.2, 0.25) is 0 Å². The lowest BCUT2D eigenvalue weighted by Crippen LogP contribution is -2.07. The first-order valence-corrected chi connectivity index (χ1v) is 8.38. The van der Waals surface area contributed by atoms with Crippen LogP contribution in [0.25, 0.3) is 22.2 Å². The molecule has 124 valence electrons. The SMILES string of the molecule is OCc1c(Cl)nc(-c2cccnc2)n1Cc1cccc2ccccc12. The van der Waals surface area contributed by atoms with Gasteiger partial charge >= 0.3 is 0 Å². The van der Waals surface area contributed by atoms with E-state index in [0.29, 0.717) is 23.2 Å². The van der Waals surface area contributed by atoms with Crippen molar-refractivity contribution in [2.45, 2.75) is 13.2 Å². The molecule has 4 nitrogen and oxygen atoms in total. The fraction of sp³-hybridized carbons (Fsp3) is 0.100. The molecular formula is C20H16ClN3O. The second-order valence-corrected chi connectivity index (χ2v) is 6.16. The molecule has 2 aromatic carbocycles. The molecular weight excluding hydrogens is 334 g/mol. The summed E-state index contributed by atoms with van der Waals surface area (Å²) in [5.74, 6) is 0.704. The van der Waals surface area contributed by atoms with Crippen LogP contribution < -0.4 is 0 Å². The third-order valence-corrected chi connectivity index (χ3v) is 4.60. The number of fused-ring (bicyclic) bond motifs is 1. The van der Waals surface area contributed by atoms with Gasteiger partial charge in [-0.25, -0.2) is 4.98 Å². The van der Waals surface area contributed by atoms with E-state index in [-0.39, 0.29) is 6.61 Å². The summed E-state index contributed by atoms with van der Waals surface area (Å²) in [6.45, 7) is 0.401. The summed E-state index contributed by atoms with van der Waals surface area (Å²) in [5, 5.41) is 12.5. The molecule has 0 bridgehead atoms. The Labute approximate surface area is 150 Å². The minimum atomic E-state index is -0.170. The number of benzene rings is 2. The smallest absolute Gasteiger partial charge is 0.153 e. The number of halogens is 1. The van der Waals surface area contributed by atoms with Gasteiger partial charge in [0.25, 0.3) is 0 Å². The lowest BCUT2D eigenvalue weighted by Gasteiger charge is -2.13. The van der Waals surface area contributed by atoms with Crippen LogP contribution in [0.5, 0.6) is 0 Å². The molecule has 0 aliphatic carbocycles. The minimum Gasteiger partial charge on any atom is -0.390 e. The van der Waals surface area contributed by atoms with Gasteiger partial charge in [-0.1, -0.05) is 54.1 Å². The van der Waals surface area contributed by atoms with Crippen molar-refractivity contribution < 1.29 is 5.11 Å². The second-order valence-electron chi connectivity index (χ2n) is 5.80. The standard InChI is InChI=1S/C20H16ClN3O/c21-19-18(13-25)24(20(23-19)15-8-4-10-22-11-15)12-16-7-3-6-14-5-1-2-9-17(14)16/h1-11,25H,12-13H2. The molecule has 1 N–H and O–H groups in total. The van der Waals surface area contributed by atoms with E-state index < -0.39 is 0 Å². The Kier molecular flexibility index (Phi) is 4.22. The molecule has 0 radical (unpaired) electrons. The van der Waals surface area contributed by atoms with Crippen LogP contribution in [0, 0.1) is 0 Å². The Bertz CT molecular complexity index is 1020. The summed E-state index contributed by atoms with van der Waals surface area (Å²) in [6.07, 6.45) is 3.47. The molecule has 4 rings (SSSR count). The first-order valence-electron chi connectivity index (χ1n) is 8.00. The summed E-state index contributed by atoms with van der Waals surface area (Å²) in [5.41, 5.74) is 2.62. The zero-order valence-corrected chi connectivity index (χ0v) is 14.2. The Morgan fingerprint density at radius 3 is 2.64 bits per heavy atom. The Hall–Kier alpha value is -2.69. The molecule has 2 aromatic heterocycles. The summed E-state index contributed by atoms with van der Waals surface area (Å²) in [6, 6.07) is 18.3. The summed E-state index contributed by atoms with van der Waals surface area (Å²) < 4.78 is 1.96. The van der Waals surface area contributed by atoms with Crippen molar-refractivity contribution in [3.8, 4) is 11.4 Å². The third-order valence-electron chi connectivity index (χ3n) is 4.30. The number of rotatable bonds is 4. The van der Waals surface area contributed by atoms with Gasteiger partial charge in [0, 0.05) is 18.0 Å². The van der Waals surface area contributed by atoms with Gasteiger partial charge in [-0.05, 0) is 28.5 Å². The Morgan fingerprint density at radius 2 is 1.84 bits per heavy atom. The summed E-state index contributed by atoms with van der Waals surface area (Å²) in [4.78, 5) is 8.62. The van der Waals surface area contributed by atoms with Crippen molar-refractivity contribution in [2.75, 3.05) is 0 Å². The summed E-state index contributed by atoms with van der Waals surface area (Å²) >= 11 is 6.27. The zero-order chi connectivity index (χ0) is 17.2. The van der Waals surface area contributed by atoms with Gasteiger partial charge in [0.05, 0.1) is 18.8 Å². The van der Waals surface area contributed by atoms with Crippen LogP contribution in [0.2, 0.25) is 5.15 Å². The van der Waals surface area contributed by atoms with Crippen molar-refractivity contribution >= 4 is 22.4 Å². The molecule has 0 aliphatic rings. The fourth-order valence-corrected chi connectivity index (χ4v) is 3.34. The first kappa shape index (κ1) is 15.8. The molecule has 0 fully saturated rings. The number of aliphatic hydroxyl groups excluding tert-OH is 1. The summed E-state index contributed by atoms with van der Waals surface area (Å²) in [7, 11) is 0. The van der Waals surface area contributed by atoms with E-state index in [1.54, 1.807) is 12.4 Å². The van der Waals surface area contributed by atoms with Gasteiger partial charge in [0.15, 0.2) is 5.15 Å².